The van der Waals surface area contributed by atoms with Crippen molar-refractivity contribution in [3.8, 4) is 0 Å². The molecule has 2 aromatic heterocycles. The highest BCUT2D eigenvalue weighted by Gasteiger charge is 2.24. The summed E-state index contributed by atoms with van der Waals surface area (Å²) < 4.78 is 0. The van der Waals surface area contributed by atoms with E-state index in [-0.39, 0.29) is 0 Å². The molecule has 2 N–H and O–H groups in total. The second-order valence-corrected chi connectivity index (χ2v) is 6.76. The highest BCUT2D eigenvalue weighted by molar-refractivity contribution is 7.99. The molecule has 2 atom stereocenters. The van der Waals surface area contributed by atoms with Crippen molar-refractivity contribution < 1.29 is 0 Å². The fourth-order valence-corrected chi connectivity index (χ4v) is 4.07. The Balaban J connectivity index is 1.58. The van der Waals surface area contributed by atoms with E-state index in [2.05, 4.69) is 46.2 Å². The molecule has 2 heterocycles. The normalized spacial score (nSPS) is 23.2. The number of hydrogen-bond acceptors (Lipinski definition) is 3. The van der Waals surface area contributed by atoms with Crippen LogP contribution in [-0.2, 0) is 6.54 Å². The van der Waals surface area contributed by atoms with Crippen LogP contribution in [0, 0.1) is 0 Å². The van der Waals surface area contributed by atoms with Gasteiger partial charge in [0.1, 0.15) is 5.65 Å². The van der Waals surface area contributed by atoms with Crippen molar-refractivity contribution in [3.05, 3.63) is 30.1 Å². The van der Waals surface area contributed by atoms with Crippen LogP contribution in [0.1, 0.15) is 31.7 Å². The summed E-state index contributed by atoms with van der Waals surface area (Å²) in [5, 5.41) is 5.81. The fraction of sp³-hybridized carbons (Fsp3) is 0.533. The van der Waals surface area contributed by atoms with E-state index >= 15 is 0 Å². The van der Waals surface area contributed by atoms with Crippen LogP contribution < -0.4 is 5.32 Å². The van der Waals surface area contributed by atoms with Crippen molar-refractivity contribution >= 4 is 22.8 Å². The minimum absolute atomic E-state index is 0.686. The van der Waals surface area contributed by atoms with Gasteiger partial charge >= 0.3 is 0 Å². The molecule has 3 rings (SSSR count). The number of thioether (sulfide) groups is 1. The standard InChI is InChI=1S/C15H21N3S/c1-2-19-13-6-5-12(8-13)17-9-11-10-18-15-14(11)4-3-7-16-15/h3-4,7,10,12-13,17H,2,5-6,8-9H2,1H3,(H,16,18). The van der Waals surface area contributed by atoms with Crippen LogP contribution >= 0.6 is 11.8 Å². The van der Waals surface area contributed by atoms with E-state index in [4.69, 9.17) is 0 Å². The molecule has 2 unspecified atom stereocenters. The van der Waals surface area contributed by atoms with Gasteiger partial charge in [-0.25, -0.2) is 4.98 Å². The first kappa shape index (κ1) is 13.0. The average Bonchev–Trinajstić information content (AvgIpc) is 3.04. The van der Waals surface area contributed by atoms with E-state index in [0.717, 1.165) is 17.4 Å². The number of hydrogen-bond donors (Lipinski definition) is 2. The van der Waals surface area contributed by atoms with Crippen LogP contribution in [0.25, 0.3) is 11.0 Å². The number of H-pyrrole nitrogens is 1. The molecular formula is C15H21N3S. The summed E-state index contributed by atoms with van der Waals surface area (Å²) in [7, 11) is 0. The summed E-state index contributed by atoms with van der Waals surface area (Å²) in [5.74, 6) is 1.24. The predicted molar refractivity (Wildman–Crippen MR) is 82.5 cm³/mol. The van der Waals surface area contributed by atoms with Gasteiger partial charge in [0.2, 0.25) is 0 Å². The minimum Gasteiger partial charge on any atom is -0.346 e. The van der Waals surface area contributed by atoms with Crippen LogP contribution in [0.4, 0.5) is 0 Å². The first-order valence-corrected chi connectivity index (χ1v) is 8.17. The second kappa shape index (κ2) is 5.97. The average molecular weight is 275 g/mol. The van der Waals surface area contributed by atoms with Gasteiger partial charge in [0.05, 0.1) is 0 Å². The fourth-order valence-electron chi connectivity index (χ4n) is 2.93. The number of nitrogens with one attached hydrogen (secondary N) is 2. The highest BCUT2D eigenvalue weighted by Crippen LogP contribution is 2.30. The molecule has 1 aliphatic carbocycles. The summed E-state index contributed by atoms with van der Waals surface area (Å²) in [5.41, 5.74) is 2.32. The number of aromatic nitrogens is 2. The van der Waals surface area contributed by atoms with Gasteiger partial charge in [-0.2, -0.15) is 11.8 Å². The Kier molecular flexibility index (Phi) is 4.09. The molecule has 102 valence electrons. The van der Waals surface area contributed by atoms with E-state index in [9.17, 15) is 0 Å². The summed E-state index contributed by atoms with van der Waals surface area (Å²) in [6, 6.07) is 4.83. The molecule has 0 saturated heterocycles. The third-order valence-electron chi connectivity index (χ3n) is 3.90. The lowest BCUT2D eigenvalue weighted by atomic mass is 10.2. The zero-order valence-electron chi connectivity index (χ0n) is 11.4. The Hall–Kier alpha value is -1.00. The minimum atomic E-state index is 0.686. The first-order chi connectivity index (χ1) is 9.36. The maximum absolute atomic E-state index is 4.33. The second-order valence-electron chi connectivity index (χ2n) is 5.18. The molecule has 1 aliphatic rings. The molecule has 3 nitrogen and oxygen atoms in total. The van der Waals surface area contributed by atoms with Crippen LogP contribution in [0.5, 0.6) is 0 Å². The van der Waals surface area contributed by atoms with Crippen molar-refractivity contribution in [2.24, 2.45) is 0 Å². The number of pyridine rings is 1. The Morgan fingerprint density at radius 2 is 2.42 bits per heavy atom. The molecule has 1 fully saturated rings. The summed E-state index contributed by atoms with van der Waals surface area (Å²) in [6.07, 6.45) is 7.92. The molecule has 2 aromatic rings. The maximum atomic E-state index is 4.33. The molecule has 0 bridgehead atoms. The Morgan fingerprint density at radius 1 is 1.47 bits per heavy atom. The Morgan fingerprint density at radius 3 is 3.32 bits per heavy atom. The van der Waals surface area contributed by atoms with Crippen LogP contribution in [0.3, 0.4) is 0 Å². The van der Waals surface area contributed by atoms with Crippen molar-refractivity contribution in [2.45, 2.75) is 44.0 Å². The zero-order valence-corrected chi connectivity index (χ0v) is 12.2. The molecule has 0 aliphatic heterocycles. The molecule has 0 aromatic carbocycles. The first-order valence-electron chi connectivity index (χ1n) is 7.12. The number of nitrogens with zero attached hydrogens (tertiary/aromatic N) is 1. The van der Waals surface area contributed by atoms with Gasteiger partial charge < -0.3 is 10.3 Å². The third kappa shape index (κ3) is 2.95. The topological polar surface area (TPSA) is 40.7 Å². The summed E-state index contributed by atoms with van der Waals surface area (Å²) in [4.78, 5) is 7.57. The van der Waals surface area contributed by atoms with Gasteiger partial charge in [-0.1, -0.05) is 6.92 Å². The highest BCUT2D eigenvalue weighted by atomic mass is 32.2. The molecular weight excluding hydrogens is 254 g/mol. The lowest BCUT2D eigenvalue weighted by Gasteiger charge is -2.12. The van der Waals surface area contributed by atoms with Gasteiger partial charge in [-0.15, -0.1) is 0 Å². The molecule has 19 heavy (non-hydrogen) atoms. The van der Waals surface area contributed by atoms with E-state index in [1.165, 1.54) is 36.0 Å². The molecule has 4 heteroatoms. The Labute approximate surface area is 118 Å². The monoisotopic (exact) mass is 275 g/mol. The van der Waals surface area contributed by atoms with Crippen molar-refractivity contribution in [1.82, 2.24) is 15.3 Å². The lowest BCUT2D eigenvalue weighted by Crippen LogP contribution is -2.26. The quantitative estimate of drug-likeness (QED) is 0.879. The van der Waals surface area contributed by atoms with Crippen molar-refractivity contribution in [3.63, 3.8) is 0 Å². The predicted octanol–water partition coefficient (Wildman–Crippen LogP) is 3.33. The van der Waals surface area contributed by atoms with Crippen LogP contribution in [0.2, 0.25) is 0 Å². The molecule has 0 amide bonds. The molecule has 0 radical (unpaired) electrons. The molecule has 0 spiro atoms. The van der Waals surface area contributed by atoms with Crippen LogP contribution in [0.15, 0.2) is 24.5 Å². The smallest absolute Gasteiger partial charge is 0.137 e. The van der Waals surface area contributed by atoms with Crippen molar-refractivity contribution in [2.75, 3.05) is 5.75 Å². The van der Waals surface area contributed by atoms with Gasteiger partial charge in [0.15, 0.2) is 0 Å². The van der Waals surface area contributed by atoms with Gasteiger partial charge in [-0.05, 0) is 42.7 Å². The van der Waals surface area contributed by atoms with E-state index in [1.54, 1.807) is 0 Å². The zero-order chi connectivity index (χ0) is 13.1. The van der Waals surface area contributed by atoms with Crippen molar-refractivity contribution in [1.29, 1.82) is 0 Å². The number of fused-ring (bicyclic) bond motifs is 1. The third-order valence-corrected chi connectivity index (χ3v) is 5.14. The van der Waals surface area contributed by atoms with E-state index < -0.39 is 0 Å². The van der Waals surface area contributed by atoms with Crippen LogP contribution in [-0.4, -0.2) is 27.0 Å². The summed E-state index contributed by atoms with van der Waals surface area (Å²) in [6.45, 7) is 3.20. The largest absolute Gasteiger partial charge is 0.346 e. The van der Waals surface area contributed by atoms with Gasteiger partial charge in [-0.3, -0.25) is 0 Å². The number of rotatable bonds is 5. The maximum Gasteiger partial charge on any atom is 0.137 e. The molecule has 1 saturated carbocycles. The lowest BCUT2D eigenvalue weighted by molar-refractivity contribution is 0.526. The Bertz CT molecular complexity index is 537. The van der Waals surface area contributed by atoms with Gasteiger partial charge in [0, 0.05) is 35.6 Å². The summed E-state index contributed by atoms with van der Waals surface area (Å²) >= 11 is 2.11. The van der Waals surface area contributed by atoms with E-state index in [1.807, 2.05) is 12.3 Å². The number of aromatic amines is 1. The SMILES string of the molecule is CCSC1CCC(NCc2c[nH]c3ncccc23)C1. The van der Waals surface area contributed by atoms with E-state index in [0.29, 0.717) is 6.04 Å². The van der Waals surface area contributed by atoms with Gasteiger partial charge in [0.25, 0.3) is 0 Å².